The molecule has 3 aromatic carbocycles. The lowest BCUT2D eigenvalue weighted by molar-refractivity contribution is 0.102. The number of nitrogens with zero attached hydrogens (tertiary/aromatic N) is 1. The van der Waals surface area contributed by atoms with E-state index < -0.39 is 0 Å². The number of aliphatic imine (C=N–C) groups is 1. The van der Waals surface area contributed by atoms with Crippen LogP contribution in [0.2, 0.25) is 0 Å². The van der Waals surface area contributed by atoms with Crippen molar-refractivity contribution in [3.63, 3.8) is 0 Å². The van der Waals surface area contributed by atoms with Crippen LogP contribution in [0.3, 0.4) is 0 Å². The van der Waals surface area contributed by atoms with E-state index in [2.05, 4.69) is 28.5 Å². The minimum absolute atomic E-state index is 0.106. The molecule has 0 fully saturated rings. The van der Waals surface area contributed by atoms with Gasteiger partial charge in [0.2, 0.25) is 0 Å². The Hall–Kier alpha value is -3.66. The zero-order valence-electron chi connectivity index (χ0n) is 17.4. The van der Waals surface area contributed by atoms with Gasteiger partial charge in [0.1, 0.15) is 5.75 Å². The molecule has 0 atom stereocenters. The summed E-state index contributed by atoms with van der Waals surface area (Å²) in [6.45, 7) is 4.71. The van der Waals surface area contributed by atoms with Crippen LogP contribution in [0.25, 0.3) is 5.57 Å². The molecule has 1 amide bonds. The minimum Gasteiger partial charge on any atom is -0.497 e. The Bertz CT molecular complexity index is 1140. The molecule has 150 valence electrons. The maximum absolute atomic E-state index is 12.5. The van der Waals surface area contributed by atoms with Gasteiger partial charge in [-0.15, -0.1) is 0 Å². The van der Waals surface area contributed by atoms with Gasteiger partial charge in [-0.2, -0.15) is 0 Å². The van der Waals surface area contributed by atoms with Crippen LogP contribution in [0.5, 0.6) is 5.75 Å². The molecule has 1 N–H and O–H groups in total. The van der Waals surface area contributed by atoms with Crippen LogP contribution in [0.4, 0.5) is 5.69 Å². The Labute approximate surface area is 176 Å². The molecule has 0 unspecified atom stereocenters. The average molecular weight is 396 g/mol. The zero-order valence-corrected chi connectivity index (χ0v) is 17.4. The number of nitrogens with one attached hydrogen (secondary N) is 1. The van der Waals surface area contributed by atoms with Crippen molar-refractivity contribution in [3.8, 4) is 5.75 Å². The molecule has 1 aliphatic heterocycles. The van der Waals surface area contributed by atoms with Gasteiger partial charge >= 0.3 is 0 Å². The molecule has 4 rings (SSSR count). The highest BCUT2D eigenvalue weighted by atomic mass is 16.5. The van der Waals surface area contributed by atoms with Gasteiger partial charge in [0.15, 0.2) is 0 Å². The van der Waals surface area contributed by atoms with Gasteiger partial charge in [-0.25, -0.2) is 0 Å². The lowest BCUT2D eigenvalue weighted by atomic mass is 10.0. The van der Waals surface area contributed by atoms with E-state index in [0.29, 0.717) is 12.1 Å². The third kappa shape index (κ3) is 4.18. The normalized spacial score (nSPS) is 12.9. The van der Waals surface area contributed by atoms with Crippen LogP contribution in [0.1, 0.15) is 32.6 Å². The van der Waals surface area contributed by atoms with Gasteiger partial charge in [-0.05, 0) is 84.1 Å². The number of hydrogen-bond acceptors (Lipinski definition) is 3. The SMILES string of the molecule is COc1ccc(C2=CC(c3ccc(NC(=O)c4ccc(C)c(C)c4)cc3)=NC2)cc1. The standard InChI is InChI=1S/C26H24N2O2/c1-17-4-5-21(14-18(17)2)26(29)28-23-10-6-20(7-11-23)25-15-22(16-27-25)19-8-12-24(30-3)13-9-19/h4-15H,16H2,1-3H3,(H,28,29). The smallest absolute Gasteiger partial charge is 0.255 e. The van der Waals surface area contributed by atoms with Gasteiger partial charge in [0.05, 0.1) is 19.4 Å². The molecular weight excluding hydrogens is 372 g/mol. The Morgan fingerprint density at radius 3 is 2.27 bits per heavy atom. The van der Waals surface area contributed by atoms with Crippen molar-refractivity contribution >= 4 is 22.9 Å². The van der Waals surface area contributed by atoms with Crippen molar-refractivity contribution in [2.45, 2.75) is 13.8 Å². The first-order valence-electron chi connectivity index (χ1n) is 9.92. The first-order chi connectivity index (χ1) is 14.5. The predicted octanol–water partition coefficient (Wildman–Crippen LogP) is 5.45. The van der Waals surface area contributed by atoms with Crippen LogP contribution >= 0.6 is 0 Å². The van der Waals surface area contributed by atoms with Gasteiger partial charge in [0, 0.05) is 11.3 Å². The number of rotatable bonds is 5. The Balaban J connectivity index is 1.45. The van der Waals surface area contributed by atoms with Crippen molar-refractivity contribution in [1.29, 1.82) is 0 Å². The van der Waals surface area contributed by atoms with E-state index in [1.807, 2.05) is 68.4 Å². The topological polar surface area (TPSA) is 50.7 Å². The first kappa shape index (κ1) is 19.6. The van der Waals surface area contributed by atoms with Crippen LogP contribution in [-0.4, -0.2) is 25.3 Å². The van der Waals surface area contributed by atoms with Gasteiger partial charge < -0.3 is 10.1 Å². The van der Waals surface area contributed by atoms with Crippen LogP contribution in [-0.2, 0) is 0 Å². The Morgan fingerprint density at radius 1 is 0.900 bits per heavy atom. The van der Waals surface area contributed by atoms with Crippen molar-refractivity contribution in [1.82, 2.24) is 0 Å². The first-order valence-corrected chi connectivity index (χ1v) is 9.92. The summed E-state index contributed by atoms with van der Waals surface area (Å²) in [6, 6.07) is 21.6. The number of amides is 1. The molecule has 4 heteroatoms. The second-order valence-corrected chi connectivity index (χ2v) is 7.43. The number of allylic oxidation sites excluding steroid dienone is 1. The van der Waals surface area contributed by atoms with Crippen molar-refractivity contribution in [3.05, 3.63) is 101 Å². The quantitative estimate of drug-likeness (QED) is 0.623. The molecule has 0 aliphatic carbocycles. The van der Waals surface area contributed by atoms with Gasteiger partial charge in [-0.1, -0.05) is 30.3 Å². The van der Waals surface area contributed by atoms with E-state index >= 15 is 0 Å². The molecule has 0 saturated carbocycles. The number of ether oxygens (including phenoxy) is 1. The average Bonchev–Trinajstić information content (AvgIpc) is 3.26. The number of benzene rings is 3. The third-order valence-corrected chi connectivity index (χ3v) is 5.40. The maximum Gasteiger partial charge on any atom is 0.255 e. The van der Waals surface area contributed by atoms with Crippen LogP contribution in [0, 0.1) is 13.8 Å². The number of anilines is 1. The van der Waals surface area contributed by atoms with Crippen molar-refractivity contribution < 1.29 is 9.53 Å². The molecule has 1 aliphatic rings. The van der Waals surface area contributed by atoms with E-state index in [1.54, 1.807) is 7.11 Å². The molecule has 0 aromatic heterocycles. The van der Waals surface area contributed by atoms with Gasteiger partial charge in [-0.3, -0.25) is 9.79 Å². The molecule has 0 radical (unpaired) electrons. The summed E-state index contributed by atoms with van der Waals surface area (Å²) >= 11 is 0. The number of carbonyl (C=O) groups is 1. The number of hydrogen-bond donors (Lipinski definition) is 1. The van der Waals surface area contributed by atoms with E-state index in [4.69, 9.17) is 4.74 Å². The monoisotopic (exact) mass is 396 g/mol. The fraction of sp³-hybridized carbons (Fsp3) is 0.154. The Kier molecular flexibility index (Phi) is 5.48. The molecule has 4 nitrogen and oxygen atoms in total. The highest BCUT2D eigenvalue weighted by molar-refractivity contribution is 6.15. The molecule has 3 aromatic rings. The van der Waals surface area contributed by atoms with Gasteiger partial charge in [0.25, 0.3) is 5.91 Å². The van der Waals surface area contributed by atoms with Crippen LogP contribution < -0.4 is 10.1 Å². The molecule has 0 spiro atoms. The Morgan fingerprint density at radius 2 is 1.60 bits per heavy atom. The molecule has 0 saturated heterocycles. The summed E-state index contributed by atoms with van der Waals surface area (Å²) in [5.74, 6) is 0.739. The fourth-order valence-electron chi connectivity index (χ4n) is 3.39. The minimum atomic E-state index is -0.106. The summed E-state index contributed by atoms with van der Waals surface area (Å²) in [7, 11) is 1.67. The largest absolute Gasteiger partial charge is 0.497 e. The highest BCUT2D eigenvalue weighted by Crippen LogP contribution is 2.24. The summed E-state index contributed by atoms with van der Waals surface area (Å²) < 4.78 is 5.22. The second kappa shape index (κ2) is 8.37. The lowest BCUT2D eigenvalue weighted by Crippen LogP contribution is -2.12. The van der Waals surface area contributed by atoms with E-state index in [-0.39, 0.29) is 5.91 Å². The highest BCUT2D eigenvalue weighted by Gasteiger charge is 2.13. The molecule has 0 bridgehead atoms. The summed E-state index contributed by atoms with van der Waals surface area (Å²) in [4.78, 5) is 17.2. The zero-order chi connectivity index (χ0) is 21.1. The molecule has 30 heavy (non-hydrogen) atoms. The van der Waals surface area contributed by atoms with E-state index in [0.717, 1.165) is 33.8 Å². The van der Waals surface area contributed by atoms with E-state index in [9.17, 15) is 4.79 Å². The third-order valence-electron chi connectivity index (χ3n) is 5.40. The van der Waals surface area contributed by atoms with Crippen molar-refractivity contribution in [2.75, 3.05) is 19.0 Å². The number of methoxy groups -OCH3 is 1. The maximum atomic E-state index is 12.5. The predicted molar refractivity (Wildman–Crippen MR) is 123 cm³/mol. The van der Waals surface area contributed by atoms with Crippen LogP contribution in [0.15, 0.2) is 77.8 Å². The fourth-order valence-corrected chi connectivity index (χ4v) is 3.39. The molecule has 1 heterocycles. The summed E-state index contributed by atoms with van der Waals surface area (Å²) in [5.41, 5.74) is 8.02. The second-order valence-electron chi connectivity index (χ2n) is 7.43. The van der Waals surface area contributed by atoms with E-state index in [1.165, 1.54) is 11.1 Å². The number of aryl methyl sites for hydroxylation is 2. The summed E-state index contributed by atoms with van der Waals surface area (Å²) in [6.07, 6.45) is 2.12. The number of carbonyl (C=O) groups excluding carboxylic acids is 1. The summed E-state index contributed by atoms with van der Waals surface area (Å²) in [5, 5.41) is 2.96. The van der Waals surface area contributed by atoms with Crippen molar-refractivity contribution in [2.24, 2.45) is 4.99 Å². The lowest BCUT2D eigenvalue weighted by Gasteiger charge is -2.08. The molecular formula is C26H24N2O2.